The van der Waals surface area contributed by atoms with Gasteiger partial charge in [0.15, 0.2) is 0 Å². The number of halogens is 2. The van der Waals surface area contributed by atoms with E-state index < -0.39 is 0 Å². The molecule has 0 aliphatic carbocycles. The van der Waals surface area contributed by atoms with Crippen molar-refractivity contribution in [1.82, 2.24) is 5.32 Å². The fraction of sp³-hybridized carbons (Fsp3) is 0.381. The van der Waals surface area contributed by atoms with Crippen LogP contribution in [0.3, 0.4) is 0 Å². The first-order chi connectivity index (χ1) is 12.8. The number of anilines is 1. The van der Waals surface area contributed by atoms with Gasteiger partial charge in [-0.1, -0.05) is 48.5 Å². The molecule has 0 radical (unpaired) electrons. The van der Waals surface area contributed by atoms with Crippen molar-refractivity contribution < 1.29 is 39.4 Å². The molecular formula is C21H30Cl2N4O. The van der Waals surface area contributed by atoms with Gasteiger partial charge >= 0.3 is 6.03 Å². The van der Waals surface area contributed by atoms with E-state index in [1.165, 1.54) is 31.7 Å². The third-order valence-electron chi connectivity index (χ3n) is 4.99. The predicted octanol–water partition coefficient (Wildman–Crippen LogP) is -5.81. The standard InChI is InChI=1S/C21H28N4O.2ClH/c26-21(23-20-10-5-2-6-11-20)22-12-7-13-24-14-16-25(17-15-24)18-19-8-3-1-4-9-19;;/h1-6,8-11H,7,12-18H2,(H2,22,23,26);2*1H. The first-order valence-electron chi connectivity index (χ1n) is 9.60. The van der Waals surface area contributed by atoms with Crippen LogP contribution in [0.25, 0.3) is 0 Å². The number of hydrogen-bond acceptors (Lipinski definition) is 1. The Morgan fingerprint density at radius 2 is 1.39 bits per heavy atom. The number of carbonyl (C=O) groups is 1. The van der Waals surface area contributed by atoms with Gasteiger partial charge in [-0.15, -0.1) is 0 Å². The summed E-state index contributed by atoms with van der Waals surface area (Å²) in [6.45, 7) is 7.89. The maximum atomic E-state index is 11.8. The highest BCUT2D eigenvalue weighted by Crippen LogP contribution is 2.03. The van der Waals surface area contributed by atoms with Crippen molar-refractivity contribution in [3.63, 3.8) is 0 Å². The molecule has 0 aromatic heterocycles. The summed E-state index contributed by atoms with van der Waals surface area (Å²) in [7, 11) is 0. The number of para-hydroxylation sites is 1. The van der Waals surface area contributed by atoms with Crippen molar-refractivity contribution in [2.24, 2.45) is 0 Å². The maximum Gasteiger partial charge on any atom is 0.319 e. The summed E-state index contributed by atoms with van der Waals surface area (Å²) < 4.78 is 0. The van der Waals surface area contributed by atoms with Crippen molar-refractivity contribution >= 4 is 11.7 Å². The number of benzene rings is 2. The number of urea groups is 1. The van der Waals surface area contributed by atoms with Crippen molar-refractivity contribution in [2.45, 2.75) is 13.0 Å². The Kier molecular flexibility index (Phi) is 11.6. The molecule has 28 heavy (non-hydrogen) atoms. The molecule has 7 heteroatoms. The lowest BCUT2D eigenvalue weighted by atomic mass is 10.2. The van der Waals surface area contributed by atoms with Crippen LogP contribution in [0.2, 0.25) is 0 Å². The van der Waals surface area contributed by atoms with E-state index in [4.69, 9.17) is 0 Å². The Morgan fingerprint density at radius 1 is 0.821 bits per heavy atom. The van der Waals surface area contributed by atoms with E-state index in [2.05, 4.69) is 41.0 Å². The highest BCUT2D eigenvalue weighted by Gasteiger charge is 2.22. The second-order valence-electron chi connectivity index (χ2n) is 7.01. The highest BCUT2D eigenvalue weighted by atomic mass is 35.5. The molecule has 1 heterocycles. The lowest BCUT2D eigenvalue weighted by Gasteiger charge is -2.29. The monoisotopic (exact) mass is 424 g/mol. The topological polar surface area (TPSA) is 50.0 Å². The third kappa shape index (κ3) is 8.48. The van der Waals surface area contributed by atoms with Crippen LogP contribution < -0.4 is 45.2 Å². The third-order valence-corrected chi connectivity index (χ3v) is 4.99. The van der Waals surface area contributed by atoms with Crippen LogP contribution in [-0.4, -0.2) is 45.3 Å². The fourth-order valence-electron chi connectivity index (χ4n) is 3.51. The molecule has 1 fully saturated rings. The number of amides is 2. The van der Waals surface area contributed by atoms with E-state index in [9.17, 15) is 4.79 Å². The van der Waals surface area contributed by atoms with Crippen LogP contribution in [0, 0.1) is 0 Å². The zero-order chi connectivity index (χ0) is 18.0. The number of carbonyl (C=O) groups excluding carboxylic acids is 1. The molecule has 5 nitrogen and oxygen atoms in total. The van der Waals surface area contributed by atoms with E-state index in [0.29, 0.717) is 0 Å². The lowest BCUT2D eigenvalue weighted by molar-refractivity contribution is -1.02. The largest absolute Gasteiger partial charge is 1.00 e. The van der Waals surface area contributed by atoms with Gasteiger partial charge in [0.1, 0.15) is 32.7 Å². The average molecular weight is 425 g/mol. The SMILES string of the molecule is O=C(NCCC[NH+]1CC[NH+](Cc2ccccc2)CC1)Nc1ccccc1.[Cl-].[Cl-]. The molecule has 1 saturated heterocycles. The minimum Gasteiger partial charge on any atom is -1.00 e. The molecule has 2 aromatic rings. The Morgan fingerprint density at radius 3 is 2.04 bits per heavy atom. The minimum absolute atomic E-state index is 0. The van der Waals surface area contributed by atoms with Crippen molar-refractivity contribution in [2.75, 3.05) is 44.6 Å². The highest BCUT2D eigenvalue weighted by molar-refractivity contribution is 5.89. The van der Waals surface area contributed by atoms with Gasteiger partial charge in [0.05, 0.1) is 6.54 Å². The number of piperazine rings is 1. The number of quaternary nitrogens is 2. The summed E-state index contributed by atoms with van der Waals surface area (Å²) in [6.07, 6.45) is 1.02. The Bertz CT molecular complexity index is 665. The summed E-state index contributed by atoms with van der Waals surface area (Å²) in [5, 5.41) is 5.79. The number of rotatable bonds is 7. The van der Waals surface area contributed by atoms with Gasteiger partial charge in [-0.2, -0.15) is 0 Å². The lowest BCUT2D eigenvalue weighted by Crippen LogP contribution is -3.27. The summed E-state index contributed by atoms with van der Waals surface area (Å²) >= 11 is 0. The second kappa shape index (κ2) is 13.4. The molecule has 1 aliphatic rings. The van der Waals surface area contributed by atoms with Crippen LogP contribution in [0.5, 0.6) is 0 Å². The normalized spacial score (nSPS) is 18.3. The molecule has 2 aromatic carbocycles. The molecule has 0 saturated carbocycles. The van der Waals surface area contributed by atoms with Gasteiger partial charge in [-0.3, -0.25) is 0 Å². The van der Waals surface area contributed by atoms with E-state index in [1.807, 2.05) is 30.3 Å². The van der Waals surface area contributed by atoms with Crippen LogP contribution in [-0.2, 0) is 6.54 Å². The maximum absolute atomic E-state index is 11.8. The average Bonchev–Trinajstić information content (AvgIpc) is 2.68. The van der Waals surface area contributed by atoms with Gasteiger partial charge in [-0.25, -0.2) is 4.79 Å². The van der Waals surface area contributed by atoms with E-state index in [-0.39, 0.29) is 30.8 Å². The summed E-state index contributed by atoms with van der Waals surface area (Å²) in [5.74, 6) is 0. The van der Waals surface area contributed by atoms with Gasteiger partial charge in [0.25, 0.3) is 0 Å². The molecule has 3 rings (SSSR count). The summed E-state index contributed by atoms with van der Waals surface area (Å²) in [6, 6.07) is 20.2. The second-order valence-corrected chi connectivity index (χ2v) is 7.01. The molecule has 1 aliphatic heterocycles. The molecule has 0 spiro atoms. The van der Waals surface area contributed by atoms with Crippen LogP contribution in [0.1, 0.15) is 12.0 Å². The number of hydrogen-bond donors (Lipinski definition) is 4. The Balaban J connectivity index is 0.00000196. The van der Waals surface area contributed by atoms with Crippen molar-refractivity contribution in [1.29, 1.82) is 0 Å². The van der Waals surface area contributed by atoms with Gasteiger partial charge in [-0.05, 0) is 12.1 Å². The van der Waals surface area contributed by atoms with Gasteiger partial charge < -0.3 is 45.2 Å². The zero-order valence-electron chi connectivity index (χ0n) is 16.1. The minimum atomic E-state index is -0.122. The number of nitrogens with one attached hydrogen (secondary N) is 4. The summed E-state index contributed by atoms with van der Waals surface area (Å²) in [5.41, 5.74) is 2.26. The fourth-order valence-corrected chi connectivity index (χ4v) is 3.51. The first-order valence-corrected chi connectivity index (χ1v) is 9.60. The first kappa shape index (κ1) is 24.2. The summed E-state index contributed by atoms with van der Waals surface area (Å²) in [4.78, 5) is 15.2. The van der Waals surface area contributed by atoms with Crippen molar-refractivity contribution in [3.8, 4) is 0 Å². The van der Waals surface area contributed by atoms with Crippen molar-refractivity contribution in [3.05, 3.63) is 66.2 Å². The Hall–Kier alpha value is -1.79. The van der Waals surface area contributed by atoms with Crippen LogP contribution in [0.4, 0.5) is 10.5 Å². The predicted molar refractivity (Wildman–Crippen MR) is 104 cm³/mol. The zero-order valence-corrected chi connectivity index (χ0v) is 17.6. The Labute approximate surface area is 180 Å². The van der Waals surface area contributed by atoms with E-state index in [0.717, 1.165) is 31.7 Å². The van der Waals surface area contributed by atoms with Crippen LogP contribution >= 0.6 is 0 Å². The van der Waals surface area contributed by atoms with Gasteiger partial charge in [0.2, 0.25) is 0 Å². The molecule has 0 atom stereocenters. The molecule has 2 amide bonds. The molecule has 4 N–H and O–H groups in total. The molecule has 0 bridgehead atoms. The smallest absolute Gasteiger partial charge is 0.319 e. The van der Waals surface area contributed by atoms with E-state index in [1.54, 1.807) is 9.80 Å². The molecule has 154 valence electrons. The molecule has 0 unspecified atom stereocenters. The van der Waals surface area contributed by atoms with E-state index >= 15 is 0 Å². The van der Waals surface area contributed by atoms with Gasteiger partial charge in [0, 0.05) is 24.2 Å². The molecular weight excluding hydrogens is 395 g/mol. The quantitative estimate of drug-likeness (QED) is 0.329. The van der Waals surface area contributed by atoms with Crippen LogP contribution in [0.15, 0.2) is 60.7 Å².